The number of nitrogens with zero attached hydrogens (tertiary/aromatic N) is 2. The van der Waals surface area contributed by atoms with E-state index in [4.69, 9.17) is 16.7 Å². The highest BCUT2D eigenvalue weighted by Crippen LogP contribution is 2.34. The first kappa shape index (κ1) is 14.0. The van der Waals surface area contributed by atoms with Gasteiger partial charge in [-0.15, -0.1) is 0 Å². The first-order valence-electron chi connectivity index (χ1n) is 6.98. The van der Waals surface area contributed by atoms with Crippen LogP contribution in [0.25, 0.3) is 11.3 Å². The van der Waals surface area contributed by atoms with Gasteiger partial charge in [0.05, 0.1) is 17.6 Å². The molecular formula is C16H15ClN2O2. The third-order valence-electron chi connectivity index (χ3n) is 3.67. The maximum atomic E-state index is 11.1. The summed E-state index contributed by atoms with van der Waals surface area (Å²) in [5, 5.41) is 9.74. The van der Waals surface area contributed by atoms with E-state index >= 15 is 0 Å². The second-order valence-electron chi connectivity index (χ2n) is 5.34. The van der Waals surface area contributed by atoms with Crippen LogP contribution in [0.4, 0.5) is 0 Å². The lowest BCUT2D eigenvalue weighted by Crippen LogP contribution is -2.06. The first-order chi connectivity index (χ1) is 10.1. The lowest BCUT2D eigenvalue weighted by molar-refractivity contribution is 0.0690. The zero-order valence-electron chi connectivity index (χ0n) is 11.4. The summed E-state index contributed by atoms with van der Waals surface area (Å²) >= 11 is 5.90. The molecule has 0 bridgehead atoms. The number of hydrogen-bond donors (Lipinski definition) is 1. The minimum absolute atomic E-state index is 0.0323. The van der Waals surface area contributed by atoms with Gasteiger partial charge in [0.15, 0.2) is 5.69 Å². The summed E-state index contributed by atoms with van der Waals surface area (Å²) in [6.45, 7) is 0. The van der Waals surface area contributed by atoms with Crippen molar-refractivity contribution in [3.05, 3.63) is 46.9 Å². The molecule has 21 heavy (non-hydrogen) atoms. The predicted octanol–water partition coefficient (Wildman–Crippen LogP) is 3.84. The van der Waals surface area contributed by atoms with Crippen LogP contribution in [0.2, 0.25) is 5.02 Å². The molecule has 4 nitrogen and oxygen atoms in total. The van der Waals surface area contributed by atoms with Crippen LogP contribution in [0.1, 0.15) is 35.4 Å². The number of aromatic nitrogens is 2. The van der Waals surface area contributed by atoms with Crippen LogP contribution in [0.5, 0.6) is 0 Å². The van der Waals surface area contributed by atoms with Crippen LogP contribution in [0, 0.1) is 5.92 Å². The van der Waals surface area contributed by atoms with Crippen LogP contribution in [-0.2, 0) is 6.42 Å². The van der Waals surface area contributed by atoms with Crippen molar-refractivity contribution >= 4 is 17.6 Å². The lowest BCUT2D eigenvalue weighted by Gasteiger charge is -2.09. The fourth-order valence-corrected chi connectivity index (χ4v) is 2.41. The summed E-state index contributed by atoms with van der Waals surface area (Å²) in [6, 6.07) is 7.24. The molecule has 1 aromatic heterocycles. The second kappa shape index (κ2) is 5.82. The van der Waals surface area contributed by atoms with Gasteiger partial charge in [0, 0.05) is 10.6 Å². The van der Waals surface area contributed by atoms with Gasteiger partial charge in [0.25, 0.3) is 0 Å². The molecule has 1 fully saturated rings. The number of carboxylic acids is 1. The van der Waals surface area contributed by atoms with Crippen LogP contribution >= 0.6 is 11.6 Å². The summed E-state index contributed by atoms with van der Waals surface area (Å²) in [5.74, 6) is -0.268. The highest BCUT2D eigenvalue weighted by atomic mass is 35.5. The van der Waals surface area contributed by atoms with Gasteiger partial charge in [0.2, 0.25) is 0 Å². The Bertz CT molecular complexity index is 666. The Morgan fingerprint density at radius 1 is 1.29 bits per heavy atom. The molecule has 2 aromatic rings. The Kier molecular flexibility index (Phi) is 3.88. The van der Waals surface area contributed by atoms with Crippen molar-refractivity contribution in [2.24, 2.45) is 5.92 Å². The summed E-state index contributed by atoms with van der Waals surface area (Å²) in [6.07, 6.45) is 5.83. The van der Waals surface area contributed by atoms with E-state index in [1.54, 1.807) is 12.1 Å². The van der Waals surface area contributed by atoms with Crippen LogP contribution < -0.4 is 0 Å². The molecule has 1 heterocycles. The molecule has 0 saturated heterocycles. The summed E-state index contributed by atoms with van der Waals surface area (Å²) < 4.78 is 0. The zero-order valence-corrected chi connectivity index (χ0v) is 12.2. The monoisotopic (exact) mass is 302 g/mol. The summed E-state index contributed by atoms with van der Waals surface area (Å²) in [4.78, 5) is 19.7. The highest BCUT2D eigenvalue weighted by Gasteiger charge is 2.22. The van der Waals surface area contributed by atoms with Gasteiger partial charge in [0.1, 0.15) is 0 Å². The molecule has 0 unspecified atom stereocenters. The molecule has 108 valence electrons. The number of hydrogen-bond acceptors (Lipinski definition) is 3. The molecule has 1 aliphatic rings. The molecular weight excluding hydrogens is 288 g/mol. The Balaban J connectivity index is 1.97. The number of carboxylic acid groups (broad SMARTS) is 1. The van der Waals surface area contributed by atoms with Gasteiger partial charge < -0.3 is 5.11 Å². The largest absolute Gasteiger partial charge is 0.476 e. The zero-order chi connectivity index (χ0) is 14.8. The van der Waals surface area contributed by atoms with Crippen molar-refractivity contribution < 1.29 is 9.90 Å². The van der Waals surface area contributed by atoms with E-state index < -0.39 is 5.97 Å². The van der Waals surface area contributed by atoms with Gasteiger partial charge >= 0.3 is 5.97 Å². The average Bonchev–Trinajstić information content (AvgIpc) is 3.30. The van der Waals surface area contributed by atoms with E-state index in [0.717, 1.165) is 30.0 Å². The second-order valence-corrected chi connectivity index (χ2v) is 5.78. The quantitative estimate of drug-likeness (QED) is 0.911. The van der Waals surface area contributed by atoms with Crippen molar-refractivity contribution in [3.63, 3.8) is 0 Å². The molecule has 1 aromatic carbocycles. The molecule has 0 aliphatic heterocycles. The van der Waals surface area contributed by atoms with Crippen molar-refractivity contribution in [2.75, 3.05) is 0 Å². The van der Waals surface area contributed by atoms with E-state index in [0.29, 0.717) is 10.7 Å². The SMILES string of the molecule is O=C(O)c1cnc(CCC2CC2)c(-c2ccc(Cl)cc2)n1. The summed E-state index contributed by atoms with van der Waals surface area (Å²) in [5.41, 5.74) is 2.32. The standard InChI is InChI=1S/C16H15ClN2O2/c17-12-6-4-11(5-7-12)15-13(8-3-10-1-2-10)18-9-14(19-15)16(20)21/h4-7,9-10H,1-3,8H2,(H,20,21). The Labute approximate surface area is 127 Å². The number of aromatic carboxylic acids is 1. The van der Waals surface area contributed by atoms with Crippen molar-refractivity contribution in [1.82, 2.24) is 9.97 Å². The van der Waals surface area contributed by atoms with Gasteiger partial charge in [-0.2, -0.15) is 0 Å². The van der Waals surface area contributed by atoms with Crippen molar-refractivity contribution in [2.45, 2.75) is 25.7 Å². The Morgan fingerprint density at radius 2 is 2.00 bits per heavy atom. The molecule has 1 saturated carbocycles. The Hall–Kier alpha value is -1.94. The molecule has 5 heteroatoms. The molecule has 1 aliphatic carbocycles. The molecule has 0 atom stereocenters. The first-order valence-corrected chi connectivity index (χ1v) is 7.36. The van der Waals surface area contributed by atoms with E-state index in [1.807, 2.05) is 12.1 Å². The fraction of sp³-hybridized carbons (Fsp3) is 0.312. The number of carbonyl (C=O) groups is 1. The van der Waals surface area contributed by atoms with E-state index in [2.05, 4.69) is 9.97 Å². The lowest BCUT2D eigenvalue weighted by atomic mass is 10.1. The smallest absolute Gasteiger partial charge is 0.356 e. The highest BCUT2D eigenvalue weighted by molar-refractivity contribution is 6.30. The van der Waals surface area contributed by atoms with Crippen molar-refractivity contribution in [1.29, 1.82) is 0 Å². The normalized spacial score (nSPS) is 14.1. The van der Waals surface area contributed by atoms with Crippen molar-refractivity contribution in [3.8, 4) is 11.3 Å². The average molecular weight is 303 g/mol. The number of benzene rings is 1. The molecule has 0 amide bonds. The third kappa shape index (κ3) is 3.39. The maximum absolute atomic E-state index is 11.1. The van der Waals surface area contributed by atoms with Crippen LogP contribution in [-0.4, -0.2) is 21.0 Å². The third-order valence-corrected chi connectivity index (χ3v) is 3.92. The van der Waals surface area contributed by atoms with Gasteiger partial charge in [-0.05, 0) is 30.9 Å². The van der Waals surface area contributed by atoms with E-state index in [-0.39, 0.29) is 5.69 Å². The minimum Gasteiger partial charge on any atom is -0.476 e. The van der Waals surface area contributed by atoms with Crippen LogP contribution in [0.15, 0.2) is 30.5 Å². The molecule has 3 rings (SSSR count). The van der Waals surface area contributed by atoms with E-state index in [1.165, 1.54) is 19.0 Å². The number of rotatable bonds is 5. The number of aryl methyl sites for hydroxylation is 1. The predicted molar refractivity (Wildman–Crippen MR) is 80.5 cm³/mol. The van der Waals surface area contributed by atoms with E-state index in [9.17, 15) is 4.79 Å². The Morgan fingerprint density at radius 3 is 2.62 bits per heavy atom. The van der Waals surface area contributed by atoms with Gasteiger partial charge in [-0.25, -0.2) is 9.78 Å². The number of halogens is 1. The van der Waals surface area contributed by atoms with Gasteiger partial charge in [-0.1, -0.05) is 36.6 Å². The molecule has 0 radical (unpaired) electrons. The fourth-order valence-electron chi connectivity index (χ4n) is 2.29. The maximum Gasteiger partial charge on any atom is 0.356 e. The molecule has 0 spiro atoms. The van der Waals surface area contributed by atoms with Gasteiger partial charge in [-0.3, -0.25) is 4.98 Å². The topological polar surface area (TPSA) is 63.1 Å². The molecule has 1 N–H and O–H groups in total. The minimum atomic E-state index is -1.06. The van der Waals surface area contributed by atoms with Crippen LogP contribution in [0.3, 0.4) is 0 Å². The summed E-state index contributed by atoms with van der Waals surface area (Å²) in [7, 11) is 0.